The molecule has 114 valence electrons. The number of fused-ring (bicyclic) bond motifs is 2. The zero-order valence-electron chi connectivity index (χ0n) is 13.4. The molecule has 0 fully saturated rings. The Morgan fingerprint density at radius 1 is 0.957 bits per heavy atom. The molecule has 4 rings (SSSR count). The number of para-hydroxylation sites is 1. The molecule has 2 aromatic carbocycles. The van der Waals surface area contributed by atoms with Crippen molar-refractivity contribution >= 4 is 37.7 Å². The van der Waals surface area contributed by atoms with Crippen molar-refractivity contribution in [2.24, 2.45) is 0 Å². The maximum absolute atomic E-state index is 4.72. The second kappa shape index (κ2) is 5.20. The van der Waals surface area contributed by atoms with E-state index < -0.39 is 0 Å². The van der Waals surface area contributed by atoms with Gasteiger partial charge >= 0.3 is 0 Å². The fourth-order valence-corrected chi connectivity index (χ4v) is 3.79. The number of aryl methyl sites for hydroxylation is 3. The van der Waals surface area contributed by atoms with E-state index in [4.69, 9.17) is 4.98 Å². The van der Waals surface area contributed by atoms with Crippen LogP contribution in [0.25, 0.3) is 32.9 Å². The molecular formula is C20H17BrN2. The van der Waals surface area contributed by atoms with Gasteiger partial charge in [0.05, 0.1) is 5.52 Å². The van der Waals surface area contributed by atoms with Gasteiger partial charge in [0, 0.05) is 37.7 Å². The van der Waals surface area contributed by atoms with E-state index in [1.807, 2.05) is 6.07 Å². The summed E-state index contributed by atoms with van der Waals surface area (Å²) in [6.07, 6.45) is 0. The monoisotopic (exact) mass is 364 g/mol. The number of H-pyrrole nitrogens is 1. The van der Waals surface area contributed by atoms with Gasteiger partial charge in [-0.1, -0.05) is 23.8 Å². The predicted molar refractivity (Wildman–Crippen MR) is 101 cm³/mol. The Kier molecular flexibility index (Phi) is 3.27. The van der Waals surface area contributed by atoms with Gasteiger partial charge in [0.25, 0.3) is 0 Å². The number of aromatic amines is 1. The Morgan fingerprint density at radius 2 is 1.78 bits per heavy atom. The summed E-state index contributed by atoms with van der Waals surface area (Å²) in [4.78, 5) is 8.24. The van der Waals surface area contributed by atoms with Crippen molar-refractivity contribution in [2.75, 3.05) is 0 Å². The van der Waals surface area contributed by atoms with E-state index in [2.05, 4.69) is 78.1 Å². The van der Waals surface area contributed by atoms with E-state index in [1.54, 1.807) is 0 Å². The van der Waals surface area contributed by atoms with Gasteiger partial charge in [0.15, 0.2) is 0 Å². The summed E-state index contributed by atoms with van der Waals surface area (Å²) in [5.74, 6) is 0. The molecule has 0 unspecified atom stereocenters. The van der Waals surface area contributed by atoms with Crippen molar-refractivity contribution in [3.05, 3.63) is 63.9 Å². The van der Waals surface area contributed by atoms with E-state index in [9.17, 15) is 0 Å². The third-order valence-corrected chi connectivity index (χ3v) is 4.97. The maximum atomic E-state index is 4.72. The highest BCUT2D eigenvalue weighted by atomic mass is 79.9. The number of nitrogens with one attached hydrogen (secondary N) is 1. The first kappa shape index (κ1) is 14.5. The molecule has 0 bridgehead atoms. The normalized spacial score (nSPS) is 11.5. The molecule has 0 atom stereocenters. The molecule has 23 heavy (non-hydrogen) atoms. The van der Waals surface area contributed by atoms with Crippen molar-refractivity contribution in [3.8, 4) is 11.1 Å². The average Bonchev–Trinajstić information content (AvgIpc) is 2.83. The van der Waals surface area contributed by atoms with Crippen LogP contribution in [-0.4, -0.2) is 9.97 Å². The summed E-state index contributed by atoms with van der Waals surface area (Å²) < 4.78 is 1.04. The van der Waals surface area contributed by atoms with Gasteiger partial charge in [0.1, 0.15) is 0 Å². The van der Waals surface area contributed by atoms with Crippen molar-refractivity contribution < 1.29 is 0 Å². The van der Waals surface area contributed by atoms with Crippen molar-refractivity contribution in [2.45, 2.75) is 20.8 Å². The average molecular weight is 365 g/mol. The molecule has 2 nitrogen and oxygen atoms in total. The fourth-order valence-electron chi connectivity index (χ4n) is 3.34. The van der Waals surface area contributed by atoms with Crippen molar-refractivity contribution in [1.82, 2.24) is 9.97 Å². The molecule has 2 heterocycles. The van der Waals surface area contributed by atoms with Crippen LogP contribution >= 0.6 is 15.9 Å². The zero-order chi connectivity index (χ0) is 16.1. The molecule has 2 aromatic heterocycles. The summed E-state index contributed by atoms with van der Waals surface area (Å²) in [6.45, 7) is 6.33. The van der Waals surface area contributed by atoms with Crippen LogP contribution in [0.2, 0.25) is 0 Å². The van der Waals surface area contributed by atoms with Gasteiger partial charge in [-0.05, 0) is 66.5 Å². The Bertz CT molecular complexity index is 1060. The Hall–Kier alpha value is -2.13. The van der Waals surface area contributed by atoms with E-state index in [1.165, 1.54) is 38.7 Å². The lowest BCUT2D eigenvalue weighted by Crippen LogP contribution is -1.90. The van der Waals surface area contributed by atoms with Crippen molar-refractivity contribution in [3.63, 3.8) is 0 Å². The fraction of sp³-hybridized carbons (Fsp3) is 0.150. The van der Waals surface area contributed by atoms with Gasteiger partial charge in [-0.15, -0.1) is 0 Å². The molecule has 0 aliphatic rings. The molecule has 1 N–H and O–H groups in total. The van der Waals surface area contributed by atoms with Gasteiger partial charge in [-0.3, -0.25) is 4.98 Å². The van der Waals surface area contributed by atoms with Crippen LogP contribution in [0, 0.1) is 20.8 Å². The quantitative estimate of drug-likeness (QED) is 0.436. The minimum absolute atomic E-state index is 1.02. The number of halogens is 1. The predicted octanol–water partition coefficient (Wildman–Crippen LogP) is 6.07. The molecule has 0 radical (unpaired) electrons. The number of nitrogens with zero attached hydrogens (tertiary/aromatic N) is 1. The molecule has 4 aromatic rings. The first-order valence-corrected chi connectivity index (χ1v) is 8.49. The van der Waals surface area contributed by atoms with Crippen LogP contribution in [-0.2, 0) is 0 Å². The molecule has 0 saturated carbocycles. The summed E-state index contributed by atoms with van der Waals surface area (Å²) in [6, 6.07) is 15.0. The Morgan fingerprint density at radius 3 is 2.61 bits per heavy atom. The minimum atomic E-state index is 1.02. The van der Waals surface area contributed by atoms with E-state index in [-0.39, 0.29) is 0 Å². The highest BCUT2D eigenvalue weighted by molar-refractivity contribution is 9.10. The number of benzene rings is 2. The van der Waals surface area contributed by atoms with Crippen LogP contribution in [0.1, 0.15) is 17.0 Å². The minimum Gasteiger partial charge on any atom is -0.358 e. The largest absolute Gasteiger partial charge is 0.358 e. The molecule has 0 aliphatic carbocycles. The lowest BCUT2D eigenvalue weighted by Gasteiger charge is -2.10. The summed E-state index contributed by atoms with van der Waals surface area (Å²) in [7, 11) is 0. The smallest absolute Gasteiger partial charge is 0.0853 e. The highest BCUT2D eigenvalue weighted by Crippen LogP contribution is 2.38. The zero-order valence-corrected chi connectivity index (χ0v) is 15.0. The van der Waals surface area contributed by atoms with Crippen molar-refractivity contribution in [1.29, 1.82) is 0 Å². The third-order valence-electron chi connectivity index (χ3n) is 4.33. The van der Waals surface area contributed by atoms with Crippen LogP contribution in [0.3, 0.4) is 0 Å². The molecule has 0 amide bonds. The third kappa shape index (κ3) is 2.27. The second-order valence-electron chi connectivity index (χ2n) is 6.12. The summed E-state index contributed by atoms with van der Waals surface area (Å²) in [5, 5.41) is 2.45. The second-order valence-corrected chi connectivity index (χ2v) is 6.98. The lowest BCUT2D eigenvalue weighted by molar-refractivity contribution is 1.25. The topological polar surface area (TPSA) is 28.7 Å². The van der Waals surface area contributed by atoms with Gasteiger partial charge < -0.3 is 4.98 Å². The number of aromatic nitrogens is 2. The number of rotatable bonds is 1. The number of pyridine rings is 1. The molecule has 0 aliphatic heterocycles. The molecule has 3 heteroatoms. The van der Waals surface area contributed by atoms with Crippen LogP contribution in [0.4, 0.5) is 0 Å². The number of hydrogen-bond acceptors (Lipinski definition) is 1. The van der Waals surface area contributed by atoms with Crippen LogP contribution in [0.15, 0.2) is 46.9 Å². The highest BCUT2D eigenvalue weighted by Gasteiger charge is 2.15. The Balaban J connectivity index is 2.17. The summed E-state index contributed by atoms with van der Waals surface area (Å²) >= 11 is 3.64. The SMILES string of the molecule is Cc1ccc2[nH]c(C)c(-c3cc(C)nc4c(Br)cccc34)c2c1. The summed E-state index contributed by atoms with van der Waals surface area (Å²) in [5.41, 5.74) is 8.21. The van der Waals surface area contributed by atoms with Crippen LogP contribution in [0.5, 0.6) is 0 Å². The first-order chi connectivity index (χ1) is 11.0. The maximum Gasteiger partial charge on any atom is 0.0853 e. The van der Waals surface area contributed by atoms with E-state index in [0.717, 1.165) is 15.7 Å². The van der Waals surface area contributed by atoms with Gasteiger partial charge in [-0.25, -0.2) is 0 Å². The van der Waals surface area contributed by atoms with Crippen LogP contribution < -0.4 is 0 Å². The lowest BCUT2D eigenvalue weighted by atomic mass is 9.97. The molecular weight excluding hydrogens is 348 g/mol. The first-order valence-electron chi connectivity index (χ1n) is 7.70. The standard InChI is InChI=1S/C20H17BrN2/c1-11-7-8-18-16(9-11)19(13(3)23-18)15-10-12(2)22-20-14(15)5-4-6-17(20)21/h4-10,23H,1-3H3. The van der Waals surface area contributed by atoms with Gasteiger partial charge in [-0.2, -0.15) is 0 Å². The Labute approximate surface area is 143 Å². The number of hydrogen-bond donors (Lipinski definition) is 1. The van der Waals surface area contributed by atoms with E-state index in [0.29, 0.717) is 0 Å². The van der Waals surface area contributed by atoms with Gasteiger partial charge in [0.2, 0.25) is 0 Å². The van der Waals surface area contributed by atoms with E-state index >= 15 is 0 Å². The molecule has 0 spiro atoms. The molecule has 0 saturated heterocycles.